The van der Waals surface area contributed by atoms with Crippen LogP contribution < -0.4 is 10.9 Å². The number of nitrogens with zero attached hydrogens (tertiary/aromatic N) is 4. The third-order valence-electron chi connectivity index (χ3n) is 5.93. The van der Waals surface area contributed by atoms with Crippen LogP contribution in [-0.2, 0) is 6.18 Å². The first-order valence-corrected chi connectivity index (χ1v) is 11.9. The molecule has 0 saturated carbocycles. The second-order valence-electron chi connectivity index (χ2n) is 8.51. The number of likely N-dealkylation sites (tertiary alicyclic amines) is 1. The van der Waals surface area contributed by atoms with E-state index in [9.17, 15) is 22.8 Å². The van der Waals surface area contributed by atoms with E-state index in [1.165, 1.54) is 24.3 Å². The fraction of sp³-hybridized carbons (Fsp3) is 0.348. The molecule has 2 N–H and O–H groups in total. The number of hydrogen-bond acceptors (Lipinski definition) is 7. The molecule has 1 aromatic carbocycles. The summed E-state index contributed by atoms with van der Waals surface area (Å²) in [7, 11) is 0. The molecule has 182 valence electrons. The van der Waals surface area contributed by atoms with Gasteiger partial charge in [-0.15, -0.1) is 11.3 Å². The molecule has 0 bridgehead atoms. The Morgan fingerprint density at radius 3 is 2.63 bits per heavy atom. The molecule has 1 amide bonds. The summed E-state index contributed by atoms with van der Waals surface area (Å²) in [5.41, 5.74) is -0.875. The van der Waals surface area contributed by atoms with E-state index in [-0.39, 0.29) is 28.3 Å². The molecule has 5 rings (SSSR count). The van der Waals surface area contributed by atoms with E-state index in [1.54, 1.807) is 30.0 Å². The Hall–Kier alpha value is -3.54. The third kappa shape index (κ3) is 4.45. The van der Waals surface area contributed by atoms with Gasteiger partial charge in [0, 0.05) is 24.3 Å². The van der Waals surface area contributed by atoms with Crippen molar-refractivity contribution in [3.05, 3.63) is 56.7 Å². The minimum Gasteiger partial charge on any atom is -0.378 e. The Bertz CT molecular complexity index is 1510. The van der Waals surface area contributed by atoms with Crippen LogP contribution >= 0.6 is 11.3 Å². The van der Waals surface area contributed by atoms with Crippen molar-refractivity contribution in [3.8, 4) is 0 Å². The van der Waals surface area contributed by atoms with Crippen molar-refractivity contribution < 1.29 is 18.0 Å². The predicted octanol–water partition coefficient (Wildman–Crippen LogP) is 4.66. The van der Waals surface area contributed by atoms with E-state index in [0.29, 0.717) is 16.2 Å². The normalized spacial score (nSPS) is 15.2. The zero-order valence-corrected chi connectivity index (χ0v) is 19.7. The van der Waals surface area contributed by atoms with E-state index in [1.807, 2.05) is 0 Å². The molecule has 1 atom stereocenters. The van der Waals surface area contributed by atoms with E-state index in [0.717, 1.165) is 30.6 Å². The van der Waals surface area contributed by atoms with Crippen LogP contribution in [0, 0.1) is 6.92 Å². The number of rotatable bonds is 4. The SMILES string of the molecule is Cc1nc2nc(C(F)(F)F)c(C(C)Nc3ccc4nc(C(=O)N5CCCC5)sc4c3)cc2c(=O)[nH]1. The van der Waals surface area contributed by atoms with E-state index >= 15 is 0 Å². The zero-order valence-electron chi connectivity index (χ0n) is 18.9. The minimum absolute atomic E-state index is 0.0183. The van der Waals surface area contributed by atoms with Gasteiger partial charge in [0.1, 0.15) is 5.82 Å². The highest BCUT2D eigenvalue weighted by Crippen LogP contribution is 2.36. The molecule has 4 heterocycles. The number of aromatic amines is 1. The van der Waals surface area contributed by atoms with Crippen molar-refractivity contribution in [1.29, 1.82) is 0 Å². The van der Waals surface area contributed by atoms with E-state index in [2.05, 4.69) is 25.3 Å². The molecule has 0 spiro atoms. The number of carbonyl (C=O) groups is 1. The fourth-order valence-electron chi connectivity index (χ4n) is 4.24. The molecule has 8 nitrogen and oxygen atoms in total. The van der Waals surface area contributed by atoms with Crippen LogP contribution in [0.25, 0.3) is 21.3 Å². The highest BCUT2D eigenvalue weighted by atomic mass is 32.1. The van der Waals surface area contributed by atoms with Crippen LogP contribution in [0.5, 0.6) is 0 Å². The summed E-state index contributed by atoms with van der Waals surface area (Å²) in [5, 5.41) is 3.44. The molecule has 3 aromatic heterocycles. The largest absolute Gasteiger partial charge is 0.433 e. The third-order valence-corrected chi connectivity index (χ3v) is 6.93. The van der Waals surface area contributed by atoms with Crippen LogP contribution in [0.2, 0.25) is 0 Å². The lowest BCUT2D eigenvalue weighted by atomic mass is 10.0. The summed E-state index contributed by atoms with van der Waals surface area (Å²) in [4.78, 5) is 41.3. The maximum atomic E-state index is 13.8. The Balaban J connectivity index is 1.48. The first-order valence-electron chi connectivity index (χ1n) is 11.1. The lowest BCUT2D eigenvalue weighted by molar-refractivity contribution is -0.141. The van der Waals surface area contributed by atoms with Crippen molar-refractivity contribution in [2.75, 3.05) is 18.4 Å². The number of hydrogen-bond donors (Lipinski definition) is 2. The van der Waals surface area contributed by atoms with E-state index in [4.69, 9.17) is 0 Å². The van der Waals surface area contributed by atoms with Gasteiger partial charge in [-0.2, -0.15) is 13.2 Å². The smallest absolute Gasteiger partial charge is 0.378 e. The van der Waals surface area contributed by atoms with Gasteiger partial charge in [0.2, 0.25) is 0 Å². The van der Waals surface area contributed by atoms with Gasteiger partial charge in [0.05, 0.1) is 21.6 Å². The second-order valence-corrected chi connectivity index (χ2v) is 9.54. The lowest BCUT2D eigenvalue weighted by Crippen LogP contribution is -2.27. The van der Waals surface area contributed by atoms with Crippen molar-refractivity contribution in [1.82, 2.24) is 24.8 Å². The highest BCUT2D eigenvalue weighted by molar-refractivity contribution is 7.20. The Kier molecular flexibility index (Phi) is 5.70. The Morgan fingerprint density at radius 2 is 1.91 bits per heavy atom. The summed E-state index contributed by atoms with van der Waals surface area (Å²) >= 11 is 1.25. The number of thiazole rings is 1. The standard InChI is InChI=1S/C23H21F3N6O2S/c1-11(14-10-15-19(28-12(2)29-20(15)33)31-18(14)23(24,25)26)27-13-5-6-16-17(9-13)35-21(30-16)22(34)32-7-3-4-8-32/h5-6,9-11,27H,3-4,7-8H2,1-2H3,(H,28,29,31,33). The van der Waals surface area contributed by atoms with Gasteiger partial charge in [-0.1, -0.05) is 0 Å². The number of anilines is 1. The van der Waals surface area contributed by atoms with E-state index < -0.39 is 23.5 Å². The number of halogens is 3. The van der Waals surface area contributed by atoms with Crippen LogP contribution in [0.4, 0.5) is 18.9 Å². The average Bonchev–Trinajstić information content (AvgIpc) is 3.47. The lowest BCUT2D eigenvalue weighted by Gasteiger charge is -2.20. The summed E-state index contributed by atoms with van der Waals surface area (Å²) in [6.45, 7) is 4.48. The topological polar surface area (TPSA) is 104 Å². The molecule has 1 saturated heterocycles. The number of aryl methyl sites for hydroxylation is 1. The quantitative estimate of drug-likeness (QED) is 0.421. The van der Waals surface area contributed by atoms with Crippen LogP contribution in [0.3, 0.4) is 0 Å². The number of alkyl halides is 3. The molecule has 0 radical (unpaired) electrons. The maximum absolute atomic E-state index is 13.8. The van der Waals surface area contributed by atoms with Gasteiger partial charge in [-0.3, -0.25) is 9.59 Å². The van der Waals surface area contributed by atoms with Gasteiger partial charge >= 0.3 is 6.18 Å². The predicted molar refractivity (Wildman–Crippen MR) is 127 cm³/mol. The molecule has 35 heavy (non-hydrogen) atoms. The molecule has 1 aliphatic heterocycles. The average molecular weight is 503 g/mol. The van der Waals surface area contributed by atoms with Gasteiger partial charge in [-0.25, -0.2) is 15.0 Å². The number of benzene rings is 1. The minimum atomic E-state index is -4.73. The van der Waals surface area contributed by atoms with Gasteiger partial charge in [-0.05, 0) is 51.0 Å². The Morgan fingerprint density at radius 1 is 1.17 bits per heavy atom. The number of nitrogens with one attached hydrogen (secondary N) is 2. The Labute approximate surface area is 201 Å². The van der Waals surface area contributed by atoms with Crippen LogP contribution in [0.1, 0.15) is 52.7 Å². The fourth-order valence-corrected chi connectivity index (χ4v) is 5.21. The monoisotopic (exact) mass is 502 g/mol. The number of aromatic nitrogens is 4. The zero-order chi connectivity index (χ0) is 24.9. The summed E-state index contributed by atoms with van der Waals surface area (Å²) in [5.74, 6) is 0.0835. The molecule has 1 fully saturated rings. The molecule has 1 aliphatic rings. The van der Waals surface area contributed by atoms with Crippen molar-refractivity contribution >= 4 is 44.2 Å². The summed E-state index contributed by atoms with van der Waals surface area (Å²) in [6, 6.07) is 5.53. The second kappa shape index (κ2) is 8.59. The van der Waals surface area contributed by atoms with Crippen LogP contribution in [-0.4, -0.2) is 43.8 Å². The molecular weight excluding hydrogens is 481 g/mol. The van der Waals surface area contributed by atoms with Gasteiger partial charge in [0.15, 0.2) is 16.3 Å². The molecule has 1 unspecified atom stereocenters. The molecular formula is C23H21F3N6O2S. The van der Waals surface area contributed by atoms with Crippen LogP contribution in [0.15, 0.2) is 29.1 Å². The number of fused-ring (bicyclic) bond motifs is 2. The van der Waals surface area contributed by atoms with Crippen molar-refractivity contribution in [2.24, 2.45) is 0 Å². The summed E-state index contributed by atoms with van der Waals surface area (Å²) < 4.78 is 42.3. The van der Waals surface area contributed by atoms with Gasteiger partial charge < -0.3 is 15.2 Å². The highest BCUT2D eigenvalue weighted by Gasteiger charge is 2.37. The molecule has 0 aliphatic carbocycles. The molecule has 4 aromatic rings. The first kappa shape index (κ1) is 23.2. The molecule has 12 heteroatoms. The number of pyridine rings is 1. The number of carbonyl (C=O) groups excluding carboxylic acids is 1. The number of H-pyrrole nitrogens is 1. The number of amides is 1. The first-order chi connectivity index (χ1) is 16.6. The van der Waals surface area contributed by atoms with Gasteiger partial charge in [0.25, 0.3) is 11.5 Å². The summed E-state index contributed by atoms with van der Waals surface area (Å²) in [6.07, 6.45) is -2.77. The van der Waals surface area contributed by atoms with Crippen molar-refractivity contribution in [2.45, 2.75) is 38.9 Å². The maximum Gasteiger partial charge on any atom is 0.433 e. The van der Waals surface area contributed by atoms with Crippen molar-refractivity contribution in [3.63, 3.8) is 0 Å².